The van der Waals surface area contributed by atoms with Crippen molar-refractivity contribution in [3.05, 3.63) is 35.4 Å². The first-order valence-corrected chi connectivity index (χ1v) is 6.00. The van der Waals surface area contributed by atoms with Crippen LogP contribution in [0.3, 0.4) is 0 Å². The van der Waals surface area contributed by atoms with E-state index in [9.17, 15) is 8.78 Å². The van der Waals surface area contributed by atoms with E-state index in [1.807, 2.05) is 6.92 Å². The molecule has 1 nitrogen and oxygen atoms in total. The second kappa shape index (κ2) is 5.15. The zero-order valence-electron chi connectivity index (χ0n) is 9.97. The molecule has 90 valence electrons. The van der Waals surface area contributed by atoms with Crippen LogP contribution < -0.4 is 4.72 Å². The molecule has 1 rings (SSSR count). The van der Waals surface area contributed by atoms with Gasteiger partial charge < -0.3 is 0 Å². The molecule has 1 N–H and O–H groups in total. The molecule has 0 heterocycles. The summed E-state index contributed by atoms with van der Waals surface area (Å²) in [6.07, 6.45) is 0. The van der Waals surface area contributed by atoms with E-state index in [1.54, 1.807) is 0 Å². The van der Waals surface area contributed by atoms with Gasteiger partial charge >= 0.3 is 0 Å². The van der Waals surface area contributed by atoms with Crippen LogP contribution in [0.5, 0.6) is 0 Å². The molecule has 0 aliphatic heterocycles. The Balaban J connectivity index is 2.73. The number of nitrogens with one attached hydrogen (secondary N) is 1. The Morgan fingerprint density at radius 3 is 2.44 bits per heavy atom. The van der Waals surface area contributed by atoms with Crippen molar-refractivity contribution in [1.29, 1.82) is 0 Å². The molecule has 0 aliphatic rings. The lowest BCUT2D eigenvalue weighted by Gasteiger charge is -2.22. The Hall–Kier alpha value is -0.610. The fraction of sp³-hybridized carbons (Fsp3) is 0.500. The fourth-order valence-electron chi connectivity index (χ4n) is 1.18. The quantitative estimate of drug-likeness (QED) is 0.806. The summed E-state index contributed by atoms with van der Waals surface area (Å²) in [7, 11) is 0. The first-order valence-electron chi connectivity index (χ1n) is 5.18. The van der Waals surface area contributed by atoms with Crippen LogP contribution in [-0.4, -0.2) is 4.75 Å². The second-order valence-corrected chi connectivity index (χ2v) is 6.38. The van der Waals surface area contributed by atoms with Gasteiger partial charge in [0.1, 0.15) is 11.6 Å². The smallest absolute Gasteiger partial charge is 0.128 e. The molecular formula is C12H17F2NS. The van der Waals surface area contributed by atoms with Gasteiger partial charge in [-0.1, -0.05) is 11.9 Å². The van der Waals surface area contributed by atoms with Crippen LogP contribution in [0.4, 0.5) is 8.78 Å². The van der Waals surface area contributed by atoms with Gasteiger partial charge in [-0.05, 0) is 45.9 Å². The van der Waals surface area contributed by atoms with E-state index >= 15 is 0 Å². The highest BCUT2D eigenvalue weighted by atomic mass is 32.2. The van der Waals surface area contributed by atoms with E-state index in [0.717, 1.165) is 12.1 Å². The fourth-order valence-corrected chi connectivity index (χ4v) is 1.83. The zero-order valence-corrected chi connectivity index (χ0v) is 10.8. The summed E-state index contributed by atoms with van der Waals surface area (Å²) in [5.41, 5.74) is 0.358. The van der Waals surface area contributed by atoms with Crippen molar-refractivity contribution in [2.45, 2.75) is 38.5 Å². The predicted octanol–water partition coefficient (Wildman–Crippen LogP) is 4.06. The van der Waals surface area contributed by atoms with Crippen LogP contribution in [0.1, 0.15) is 39.3 Å². The third kappa shape index (κ3) is 4.10. The minimum Gasteiger partial charge on any atom is -0.256 e. The lowest BCUT2D eigenvalue weighted by Crippen LogP contribution is -2.20. The Labute approximate surface area is 99.8 Å². The van der Waals surface area contributed by atoms with Crippen LogP contribution in [0.2, 0.25) is 0 Å². The average Bonchev–Trinajstić information content (AvgIpc) is 2.17. The first kappa shape index (κ1) is 13.5. The largest absolute Gasteiger partial charge is 0.256 e. The molecule has 0 bridgehead atoms. The van der Waals surface area contributed by atoms with Gasteiger partial charge in [-0.2, -0.15) is 0 Å². The van der Waals surface area contributed by atoms with Gasteiger partial charge in [0.2, 0.25) is 0 Å². The van der Waals surface area contributed by atoms with E-state index in [1.165, 1.54) is 18.0 Å². The molecule has 0 aromatic heterocycles. The minimum absolute atomic E-state index is 0.0397. The van der Waals surface area contributed by atoms with Crippen molar-refractivity contribution < 1.29 is 8.78 Å². The number of benzene rings is 1. The highest BCUT2D eigenvalue weighted by Gasteiger charge is 2.16. The van der Waals surface area contributed by atoms with Gasteiger partial charge in [-0.3, -0.25) is 4.72 Å². The standard InChI is InChI=1S/C12H17F2NS/c1-8(15-16-12(2,3)4)10-7-9(13)5-6-11(10)14/h5-8,15H,1-4H3/t8-/m0/s1. The van der Waals surface area contributed by atoms with E-state index in [0.29, 0.717) is 5.56 Å². The molecule has 0 saturated carbocycles. The van der Waals surface area contributed by atoms with Crippen LogP contribution >= 0.6 is 11.9 Å². The monoisotopic (exact) mass is 245 g/mol. The number of rotatable bonds is 3. The molecule has 4 heteroatoms. The van der Waals surface area contributed by atoms with E-state index in [-0.39, 0.29) is 16.6 Å². The predicted molar refractivity (Wildman–Crippen MR) is 65.3 cm³/mol. The summed E-state index contributed by atoms with van der Waals surface area (Å²) in [6.45, 7) is 7.98. The zero-order chi connectivity index (χ0) is 12.3. The summed E-state index contributed by atoms with van der Waals surface area (Å²) >= 11 is 1.51. The third-order valence-corrected chi connectivity index (χ3v) is 3.05. The van der Waals surface area contributed by atoms with Crippen LogP contribution in [0.25, 0.3) is 0 Å². The molecule has 0 radical (unpaired) electrons. The molecule has 1 aromatic rings. The molecule has 0 amide bonds. The SMILES string of the molecule is C[C@H](NSC(C)(C)C)c1cc(F)ccc1F. The highest BCUT2D eigenvalue weighted by Crippen LogP contribution is 2.25. The van der Waals surface area contributed by atoms with Crippen molar-refractivity contribution in [1.82, 2.24) is 4.72 Å². The Kier molecular flexibility index (Phi) is 4.33. The van der Waals surface area contributed by atoms with Crippen molar-refractivity contribution in [2.75, 3.05) is 0 Å². The summed E-state index contributed by atoms with van der Waals surface area (Å²) in [4.78, 5) is 0. The minimum atomic E-state index is -0.411. The maximum atomic E-state index is 13.4. The van der Waals surface area contributed by atoms with Crippen LogP contribution in [0.15, 0.2) is 18.2 Å². The van der Waals surface area contributed by atoms with Gasteiger partial charge in [-0.15, -0.1) is 0 Å². The topological polar surface area (TPSA) is 12.0 Å². The van der Waals surface area contributed by atoms with Crippen molar-refractivity contribution in [3.8, 4) is 0 Å². The van der Waals surface area contributed by atoms with Crippen molar-refractivity contribution in [3.63, 3.8) is 0 Å². The molecule has 16 heavy (non-hydrogen) atoms. The first-order chi connectivity index (χ1) is 7.29. The summed E-state index contributed by atoms with van der Waals surface area (Å²) in [5, 5.41) is 0. The van der Waals surface area contributed by atoms with E-state index in [2.05, 4.69) is 25.5 Å². The maximum Gasteiger partial charge on any atom is 0.128 e. The Bertz CT molecular complexity index is 361. The Morgan fingerprint density at radius 2 is 1.88 bits per heavy atom. The number of hydrogen-bond acceptors (Lipinski definition) is 2. The van der Waals surface area contributed by atoms with E-state index < -0.39 is 5.82 Å². The molecule has 1 atom stereocenters. The number of hydrogen-bond donors (Lipinski definition) is 1. The lowest BCUT2D eigenvalue weighted by molar-refractivity contribution is 0.564. The van der Waals surface area contributed by atoms with Gasteiger partial charge in [0.25, 0.3) is 0 Å². The third-order valence-electron chi connectivity index (χ3n) is 1.97. The molecule has 0 aliphatic carbocycles. The molecule has 0 unspecified atom stereocenters. The highest BCUT2D eigenvalue weighted by molar-refractivity contribution is 7.98. The Morgan fingerprint density at radius 1 is 1.25 bits per heavy atom. The van der Waals surface area contributed by atoms with Crippen molar-refractivity contribution in [2.24, 2.45) is 0 Å². The molecule has 0 saturated heterocycles. The normalized spacial score (nSPS) is 13.9. The number of halogens is 2. The molecule has 0 fully saturated rings. The molecular weight excluding hydrogens is 228 g/mol. The van der Waals surface area contributed by atoms with Crippen LogP contribution in [0, 0.1) is 11.6 Å². The maximum absolute atomic E-state index is 13.4. The molecule has 0 spiro atoms. The van der Waals surface area contributed by atoms with Gasteiger partial charge in [0.05, 0.1) is 0 Å². The van der Waals surface area contributed by atoms with Gasteiger partial charge in [0.15, 0.2) is 0 Å². The summed E-state index contributed by atoms with van der Waals surface area (Å²) in [6, 6.07) is 3.29. The van der Waals surface area contributed by atoms with Gasteiger partial charge in [0, 0.05) is 16.4 Å². The second-order valence-electron chi connectivity index (χ2n) is 4.72. The summed E-state index contributed by atoms with van der Waals surface area (Å²) in [5.74, 6) is -0.790. The lowest BCUT2D eigenvalue weighted by atomic mass is 10.1. The van der Waals surface area contributed by atoms with Crippen LogP contribution in [-0.2, 0) is 0 Å². The average molecular weight is 245 g/mol. The van der Waals surface area contributed by atoms with Gasteiger partial charge in [-0.25, -0.2) is 8.78 Å². The van der Waals surface area contributed by atoms with E-state index in [4.69, 9.17) is 0 Å². The molecule has 1 aromatic carbocycles. The summed E-state index contributed by atoms with van der Waals surface area (Å²) < 4.78 is 29.6. The van der Waals surface area contributed by atoms with Crippen molar-refractivity contribution >= 4 is 11.9 Å².